The van der Waals surface area contributed by atoms with Gasteiger partial charge in [0.1, 0.15) is 18.2 Å². The third-order valence-electron chi connectivity index (χ3n) is 6.30. The van der Waals surface area contributed by atoms with Crippen LogP contribution in [0.2, 0.25) is 0 Å². The summed E-state index contributed by atoms with van der Waals surface area (Å²) in [6, 6.07) is 6.42. The van der Waals surface area contributed by atoms with Crippen molar-refractivity contribution >= 4 is 35.4 Å². The maximum absolute atomic E-state index is 13.0. The first kappa shape index (κ1) is 32.0. The Morgan fingerprint density at radius 2 is 1.66 bits per heavy atom. The summed E-state index contributed by atoms with van der Waals surface area (Å²) in [6.07, 6.45) is 0.329. The predicted octanol–water partition coefficient (Wildman–Crippen LogP) is 1.00. The Morgan fingerprint density at radius 3 is 2.37 bits per heavy atom. The Hall–Kier alpha value is -3.55. The van der Waals surface area contributed by atoms with E-state index in [1.165, 1.54) is 0 Å². The lowest BCUT2D eigenvalue weighted by Crippen LogP contribution is -2.53. The fourth-order valence-corrected chi connectivity index (χ4v) is 4.41. The van der Waals surface area contributed by atoms with E-state index in [9.17, 15) is 24.0 Å². The molecule has 3 rings (SSSR count). The summed E-state index contributed by atoms with van der Waals surface area (Å²) in [5, 5.41) is 7.60. The summed E-state index contributed by atoms with van der Waals surface area (Å²) < 4.78 is 21.5. The number of nitrogens with zero attached hydrogens (tertiary/aromatic N) is 1. The third kappa shape index (κ3) is 10.4. The summed E-state index contributed by atoms with van der Waals surface area (Å²) in [5.74, 6) is -1.91. The molecule has 0 bridgehead atoms. The zero-order valence-electron chi connectivity index (χ0n) is 23.9. The summed E-state index contributed by atoms with van der Waals surface area (Å²) in [5.41, 5.74) is 0.776. The van der Waals surface area contributed by atoms with Gasteiger partial charge in [-0.15, -0.1) is 0 Å². The van der Waals surface area contributed by atoms with Crippen LogP contribution in [0.4, 0.5) is 10.5 Å². The van der Waals surface area contributed by atoms with Gasteiger partial charge in [-0.3, -0.25) is 24.5 Å². The normalized spacial score (nSPS) is 18.8. The number of rotatable bonds is 13. The van der Waals surface area contributed by atoms with Crippen LogP contribution in [-0.4, -0.2) is 94.1 Å². The third-order valence-corrected chi connectivity index (χ3v) is 6.30. The van der Waals surface area contributed by atoms with Crippen LogP contribution in [0.5, 0.6) is 0 Å². The van der Waals surface area contributed by atoms with Crippen LogP contribution in [0.25, 0.3) is 0 Å². The molecule has 226 valence electrons. The highest BCUT2D eigenvalue weighted by Gasteiger charge is 2.35. The van der Waals surface area contributed by atoms with Gasteiger partial charge in [-0.1, -0.05) is 18.2 Å². The molecule has 5 amide bonds. The Bertz CT molecular complexity index is 1090. The van der Waals surface area contributed by atoms with Crippen molar-refractivity contribution in [2.75, 3.05) is 57.6 Å². The van der Waals surface area contributed by atoms with Crippen molar-refractivity contribution in [2.24, 2.45) is 0 Å². The molecule has 41 heavy (non-hydrogen) atoms. The van der Waals surface area contributed by atoms with Gasteiger partial charge in [0.15, 0.2) is 0 Å². The van der Waals surface area contributed by atoms with Gasteiger partial charge >= 0.3 is 6.09 Å². The van der Waals surface area contributed by atoms with Crippen LogP contribution in [0.1, 0.15) is 51.5 Å². The van der Waals surface area contributed by atoms with Crippen LogP contribution >= 0.6 is 0 Å². The zero-order valence-corrected chi connectivity index (χ0v) is 23.9. The smallest absolute Gasteiger partial charge is 0.407 e. The van der Waals surface area contributed by atoms with Gasteiger partial charge in [0.2, 0.25) is 17.7 Å². The van der Waals surface area contributed by atoms with Crippen LogP contribution in [0.15, 0.2) is 24.3 Å². The minimum atomic E-state index is -0.754. The molecule has 13 heteroatoms. The number of hydrogen-bond donors (Lipinski definition) is 3. The number of ether oxygens (including phenoxy) is 4. The predicted molar refractivity (Wildman–Crippen MR) is 147 cm³/mol. The number of fused-ring (bicyclic) bond motifs is 1. The highest BCUT2D eigenvalue weighted by Crippen LogP contribution is 2.35. The first-order chi connectivity index (χ1) is 19.5. The molecule has 1 aromatic rings. The number of benzene rings is 1. The number of nitrogens with one attached hydrogen (secondary N) is 3. The molecule has 0 aliphatic carbocycles. The molecule has 2 aliphatic rings. The molecule has 2 atom stereocenters. The van der Waals surface area contributed by atoms with Crippen molar-refractivity contribution in [3.05, 3.63) is 29.8 Å². The fourth-order valence-electron chi connectivity index (χ4n) is 4.41. The van der Waals surface area contributed by atoms with Gasteiger partial charge < -0.3 is 34.5 Å². The number of carbonyl (C=O) groups excluding carboxylic acids is 5. The first-order valence-corrected chi connectivity index (χ1v) is 13.8. The molecule has 3 N–H and O–H groups in total. The number of anilines is 1. The van der Waals surface area contributed by atoms with E-state index in [1.54, 1.807) is 49.9 Å². The molecule has 13 nitrogen and oxygen atoms in total. The zero-order chi connectivity index (χ0) is 29.8. The van der Waals surface area contributed by atoms with Crippen LogP contribution in [0, 0.1) is 0 Å². The second kappa shape index (κ2) is 15.5. The molecule has 0 radical (unpaired) electrons. The van der Waals surface area contributed by atoms with E-state index in [-0.39, 0.29) is 50.4 Å². The van der Waals surface area contributed by atoms with E-state index >= 15 is 0 Å². The molecular weight excluding hydrogens is 536 g/mol. The number of para-hydroxylation sites is 1. The van der Waals surface area contributed by atoms with Gasteiger partial charge in [0.25, 0.3) is 5.91 Å². The van der Waals surface area contributed by atoms with Gasteiger partial charge in [0.05, 0.1) is 39.0 Å². The van der Waals surface area contributed by atoms with Crippen molar-refractivity contribution < 1.29 is 42.9 Å². The highest BCUT2D eigenvalue weighted by molar-refractivity contribution is 6.03. The summed E-state index contributed by atoms with van der Waals surface area (Å²) >= 11 is 0. The maximum Gasteiger partial charge on any atom is 0.407 e. The Balaban J connectivity index is 1.32. The van der Waals surface area contributed by atoms with E-state index in [2.05, 4.69) is 16.0 Å². The van der Waals surface area contributed by atoms with Gasteiger partial charge in [-0.2, -0.15) is 0 Å². The SMILES string of the molecule is CC(C)(C)OC(=O)NCCOCCOCCOCC(=O)N1CC[C@@H](C(=O)N[C@H]2CCC(=O)NC2=O)c2ccccc21. The van der Waals surface area contributed by atoms with E-state index in [1.807, 2.05) is 0 Å². The van der Waals surface area contributed by atoms with E-state index < -0.39 is 29.6 Å². The maximum atomic E-state index is 13.0. The van der Waals surface area contributed by atoms with Crippen molar-refractivity contribution in [3.8, 4) is 0 Å². The fraction of sp³-hybridized carbons (Fsp3) is 0.607. The second-order valence-corrected chi connectivity index (χ2v) is 10.7. The van der Waals surface area contributed by atoms with E-state index in [0.717, 1.165) is 0 Å². The number of carbonyl (C=O) groups is 5. The summed E-state index contributed by atoms with van der Waals surface area (Å²) in [7, 11) is 0. The molecular formula is C28H40N4O9. The Kier molecular flexibility index (Phi) is 12.0. The minimum Gasteiger partial charge on any atom is -0.444 e. The lowest BCUT2D eigenvalue weighted by atomic mass is 9.88. The molecule has 0 saturated carbocycles. The monoisotopic (exact) mass is 576 g/mol. The molecule has 0 aromatic heterocycles. The van der Waals surface area contributed by atoms with E-state index in [0.29, 0.717) is 50.6 Å². The number of alkyl carbamates (subject to hydrolysis) is 1. The molecule has 2 aliphatic heterocycles. The van der Waals surface area contributed by atoms with Crippen LogP contribution in [-0.2, 0) is 38.1 Å². The molecule has 2 heterocycles. The van der Waals surface area contributed by atoms with Crippen molar-refractivity contribution in [2.45, 2.75) is 57.6 Å². The minimum absolute atomic E-state index is 0.141. The van der Waals surface area contributed by atoms with Gasteiger partial charge in [-0.05, 0) is 45.2 Å². The average Bonchev–Trinajstić information content (AvgIpc) is 2.91. The highest BCUT2D eigenvalue weighted by atomic mass is 16.6. The topological polar surface area (TPSA) is 162 Å². The lowest BCUT2D eigenvalue weighted by Gasteiger charge is -2.34. The molecule has 0 spiro atoms. The quantitative estimate of drug-likeness (QED) is 0.230. The van der Waals surface area contributed by atoms with Crippen LogP contribution in [0.3, 0.4) is 0 Å². The van der Waals surface area contributed by atoms with Crippen molar-refractivity contribution in [1.82, 2.24) is 16.0 Å². The van der Waals surface area contributed by atoms with E-state index in [4.69, 9.17) is 18.9 Å². The summed E-state index contributed by atoms with van der Waals surface area (Å²) in [4.78, 5) is 62.5. The number of imide groups is 1. The van der Waals surface area contributed by atoms with Crippen LogP contribution < -0.4 is 20.9 Å². The molecule has 1 aromatic carbocycles. The standard InChI is InChI=1S/C28H40N4O9/c1-28(2,3)41-27(37)29-11-13-38-14-15-39-16-17-40-18-24(34)32-12-10-20(19-6-4-5-7-22(19)32)25(35)30-21-8-9-23(33)31-26(21)36/h4-7,20-21H,8-18H2,1-3H3,(H,29,37)(H,30,35)(H,31,33,36)/t20-,21+/m1/s1. The van der Waals surface area contributed by atoms with Gasteiger partial charge in [0, 0.05) is 25.2 Å². The molecule has 1 saturated heterocycles. The lowest BCUT2D eigenvalue weighted by molar-refractivity contribution is -0.137. The number of piperidine rings is 1. The molecule has 1 fully saturated rings. The molecule has 0 unspecified atom stereocenters. The van der Waals surface area contributed by atoms with Gasteiger partial charge in [-0.25, -0.2) is 4.79 Å². The summed E-state index contributed by atoms with van der Waals surface area (Å²) in [6.45, 7) is 7.39. The number of hydrogen-bond acceptors (Lipinski definition) is 9. The Labute approximate surface area is 239 Å². The number of amides is 5. The largest absolute Gasteiger partial charge is 0.444 e. The second-order valence-electron chi connectivity index (χ2n) is 10.7. The van der Waals surface area contributed by atoms with Crippen molar-refractivity contribution in [1.29, 1.82) is 0 Å². The Morgan fingerprint density at radius 1 is 0.976 bits per heavy atom. The first-order valence-electron chi connectivity index (χ1n) is 13.8. The average molecular weight is 577 g/mol. The van der Waals surface area contributed by atoms with Crippen molar-refractivity contribution in [3.63, 3.8) is 0 Å².